The van der Waals surface area contributed by atoms with Gasteiger partial charge < -0.3 is 15.5 Å². The van der Waals surface area contributed by atoms with E-state index < -0.39 is 0 Å². The minimum atomic E-state index is 0.572. The Balaban J connectivity index is 2.16. The summed E-state index contributed by atoms with van der Waals surface area (Å²) in [5.74, 6) is 1.05. The quantitative estimate of drug-likeness (QED) is 0.828. The van der Waals surface area contributed by atoms with Crippen molar-refractivity contribution in [3.05, 3.63) is 5.69 Å². The summed E-state index contributed by atoms with van der Waals surface area (Å²) >= 11 is 0. The number of hydrogen-bond acceptors (Lipinski definition) is 4. The molecule has 0 unspecified atom stereocenters. The molecule has 0 atom stereocenters. The van der Waals surface area contributed by atoms with Crippen molar-refractivity contribution in [3.63, 3.8) is 0 Å². The van der Waals surface area contributed by atoms with Crippen molar-refractivity contribution in [3.8, 4) is 0 Å². The van der Waals surface area contributed by atoms with Crippen LogP contribution in [0.2, 0.25) is 0 Å². The maximum atomic E-state index is 6.10. The zero-order valence-corrected chi connectivity index (χ0v) is 11.3. The van der Waals surface area contributed by atoms with E-state index in [9.17, 15) is 0 Å². The summed E-state index contributed by atoms with van der Waals surface area (Å²) in [5, 5.41) is 4.38. The molecule has 0 spiro atoms. The van der Waals surface area contributed by atoms with Gasteiger partial charge in [-0.25, -0.2) is 0 Å². The summed E-state index contributed by atoms with van der Waals surface area (Å²) < 4.78 is 1.89. The summed E-state index contributed by atoms with van der Waals surface area (Å²) in [6, 6.07) is 0.572. The van der Waals surface area contributed by atoms with E-state index in [0.29, 0.717) is 6.04 Å². The van der Waals surface area contributed by atoms with Crippen LogP contribution in [0.5, 0.6) is 0 Å². The normalized spacial score (nSPS) is 18.6. The van der Waals surface area contributed by atoms with Crippen LogP contribution >= 0.6 is 0 Å². The number of anilines is 2. The minimum absolute atomic E-state index is 0.572. The number of nitrogens with two attached hydrogens (primary N) is 1. The predicted molar refractivity (Wildman–Crippen MR) is 71.3 cm³/mol. The number of aryl methyl sites for hydroxylation is 2. The monoisotopic (exact) mass is 237 g/mol. The Morgan fingerprint density at radius 1 is 1.29 bits per heavy atom. The van der Waals surface area contributed by atoms with Gasteiger partial charge >= 0.3 is 0 Å². The molecule has 1 aliphatic rings. The third-order valence-electron chi connectivity index (χ3n) is 3.81. The van der Waals surface area contributed by atoms with Crippen molar-refractivity contribution in [1.82, 2.24) is 14.7 Å². The number of nitrogens with zero attached hydrogens (tertiary/aromatic N) is 4. The first-order valence-electron chi connectivity index (χ1n) is 6.21. The third kappa shape index (κ3) is 2.24. The number of rotatable bonds is 2. The zero-order valence-electron chi connectivity index (χ0n) is 11.3. The second kappa shape index (κ2) is 4.56. The Labute approximate surface area is 103 Å². The van der Waals surface area contributed by atoms with Crippen LogP contribution in [0.4, 0.5) is 11.5 Å². The molecule has 5 nitrogen and oxygen atoms in total. The van der Waals surface area contributed by atoms with Crippen LogP contribution in [0.3, 0.4) is 0 Å². The highest BCUT2D eigenvalue weighted by atomic mass is 15.4. The van der Waals surface area contributed by atoms with Crippen LogP contribution in [0.1, 0.15) is 18.5 Å². The lowest BCUT2D eigenvalue weighted by atomic mass is 10.0. The number of likely N-dealkylation sites (tertiary alicyclic amines) is 1. The molecule has 0 radical (unpaired) electrons. The Hall–Kier alpha value is -1.23. The number of hydrogen-bond donors (Lipinski definition) is 1. The van der Waals surface area contributed by atoms with E-state index in [4.69, 9.17) is 5.73 Å². The van der Waals surface area contributed by atoms with Crippen molar-refractivity contribution < 1.29 is 0 Å². The van der Waals surface area contributed by atoms with Gasteiger partial charge in [-0.3, -0.25) is 4.68 Å². The van der Waals surface area contributed by atoms with Crippen LogP contribution in [0.25, 0.3) is 0 Å². The molecule has 2 heterocycles. The summed E-state index contributed by atoms with van der Waals surface area (Å²) in [6.45, 7) is 4.28. The largest absolute Gasteiger partial charge is 0.394 e. The SMILES string of the molecule is Cc1nn(C)c(N(C)C2CCN(C)CC2)c1N. The Bertz CT molecular complexity index is 390. The summed E-state index contributed by atoms with van der Waals surface area (Å²) in [5.41, 5.74) is 7.84. The van der Waals surface area contributed by atoms with Gasteiger partial charge in [-0.2, -0.15) is 5.10 Å². The average molecular weight is 237 g/mol. The fourth-order valence-electron chi connectivity index (χ4n) is 2.64. The van der Waals surface area contributed by atoms with Gasteiger partial charge in [0.05, 0.1) is 11.4 Å². The molecule has 2 rings (SSSR count). The standard InChI is InChI=1S/C12H23N5/c1-9-11(13)12(17(4)14-9)16(3)10-5-7-15(2)8-6-10/h10H,5-8,13H2,1-4H3. The smallest absolute Gasteiger partial charge is 0.150 e. The van der Waals surface area contributed by atoms with Crippen LogP contribution < -0.4 is 10.6 Å². The zero-order chi connectivity index (χ0) is 12.6. The first-order chi connectivity index (χ1) is 8.00. The molecule has 1 aromatic heterocycles. The van der Waals surface area contributed by atoms with Crippen molar-refractivity contribution in [2.75, 3.05) is 37.8 Å². The molecular weight excluding hydrogens is 214 g/mol. The summed E-state index contributed by atoms with van der Waals surface area (Å²) in [6.07, 6.45) is 2.38. The fraction of sp³-hybridized carbons (Fsp3) is 0.750. The molecule has 0 aromatic carbocycles. The molecule has 1 aromatic rings. The Morgan fingerprint density at radius 3 is 2.35 bits per heavy atom. The lowest BCUT2D eigenvalue weighted by Crippen LogP contribution is -2.42. The van der Waals surface area contributed by atoms with Crippen LogP contribution in [-0.4, -0.2) is 47.9 Å². The van der Waals surface area contributed by atoms with E-state index in [1.54, 1.807) is 0 Å². The number of nitrogen functional groups attached to an aromatic ring is 1. The molecule has 0 aliphatic carbocycles. The molecule has 2 N–H and O–H groups in total. The van der Waals surface area contributed by atoms with E-state index >= 15 is 0 Å². The van der Waals surface area contributed by atoms with E-state index in [2.05, 4.69) is 29.0 Å². The van der Waals surface area contributed by atoms with Gasteiger partial charge in [0.15, 0.2) is 0 Å². The van der Waals surface area contributed by atoms with E-state index in [-0.39, 0.29) is 0 Å². The molecule has 1 saturated heterocycles. The van der Waals surface area contributed by atoms with Crippen molar-refractivity contribution in [1.29, 1.82) is 0 Å². The molecule has 17 heavy (non-hydrogen) atoms. The van der Waals surface area contributed by atoms with E-state index in [1.165, 1.54) is 12.8 Å². The van der Waals surface area contributed by atoms with E-state index in [0.717, 1.165) is 30.3 Å². The summed E-state index contributed by atoms with van der Waals surface area (Å²) in [7, 11) is 6.27. The van der Waals surface area contributed by atoms with Crippen LogP contribution in [0, 0.1) is 6.92 Å². The van der Waals surface area contributed by atoms with E-state index in [1.807, 2.05) is 18.7 Å². The molecule has 96 valence electrons. The second-order valence-electron chi connectivity index (χ2n) is 5.09. The van der Waals surface area contributed by atoms with Gasteiger partial charge in [-0.05, 0) is 39.9 Å². The molecule has 0 bridgehead atoms. The first-order valence-corrected chi connectivity index (χ1v) is 6.21. The highest BCUT2D eigenvalue weighted by molar-refractivity contribution is 5.66. The van der Waals surface area contributed by atoms with Gasteiger partial charge in [0.1, 0.15) is 5.82 Å². The molecule has 0 saturated carbocycles. The molecular formula is C12H23N5. The first kappa shape index (κ1) is 12.2. The van der Waals surface area contributed by atoms with Gasteiger partial charge in [0, 0.05) is 20.1 Å². The van der Waals surface area contributed by atoms with Gasteiger partial charge in [-0.1, -0.05) is 0 Å². The summed E-state index contributed by atoms with van der Waals surface area (Å²) in [4.78, 5) is 4.67. The van der Waals surface area contributed by atoms with Crippen molar-refractivity contribution >= 4 is 11.5 Å². The minimum Gasteiger partial charge on any atom is -0.394 e. The number of piperidine rings is 1. The van der Waals surface area contributed by atoms with Gasteiger partial charge in [0.25, 0.3) is 0 Å². The second-order valence-corrected chi connectivity index (χ2v) is 5.09. The lowest BCUT2D eigenvalue weighted by molar-refractivity contribution is 0.252. The lowest BCUT2D eigenvalue weighted by Gasteiger charge is -2.36. The molecule has 1 fully saturated rings. The molecule has 0 amide bonds. The Morgan fingerprint density at radius 2 is 1.88 bits per heavy atom. The van der Waals surface area contributed by atoms with Crippen LogP contribution in [-0.2, 0) is 7.05 Å². The highest BCUT2D eigenvalue weighted by Gasteiger charge is 2.24. The average Bonchev–Trinajstić information content (AvgIpc) is 2.53. The Kier molecular flexibility index (Phi) is 3.28. The predicted octanol–water partition coefficient (Wildman–Crippen LogP) is 0.841. The molecule has 1 aliphatic heterocycles. The highest BCUT2D eigenvalue weighted by Crippen LogP contribution is 2.28. The molecule has 5 heteroatoms. The van der Waals surface area contributed by atoms with Crippen molar-refractivity contribution in [2.24, 2.45) is 7.05 Å². The number of aromatic nitrogens is 2. The van der Waals surface area contributed by atoms with Crippen molar-refractivity contribution in [2.45, 2.75) is 25.8 Å². The van der Waals surface area contributed by atoms with Crippen LogP contribution in [0.15, 0.2) is 0 Å². The maximum absolute atomic E-state index is 6.10. The fourth-order valence-corrected chi connectivity index (χ4v) is 2.64. The van der Waals surface area contributed by atoms with Gasteiger partial charge in [-0.15, -0.1) is 0 Å². The van der Waals surface area contributed by atoms with Gasteiger partial charge in [0.2, 0.25) is 0 Å². The maximum Gasteiger partial charge on any atom is 0.150 e. The third-order valence-corrected chi connectivity index (χ3v) is 3.81. The topological polar surface area (TPSA) is 50.3 Å².